The van der Waals surface area contributed by atoms with Gasteiger partial charge in [-0.1, -0.05) is 18.2 Å². The number of fused-ring (bicyclic) bond motifs is 2. The molecule has 4 atom stereocenters. The third-order valence-electron chi connectivity index (χ3n) is 5.40. The van der Waals surface area contributed by atoms with Crippen LogP contribution in [0.4, 0.5) is 8.78 Å². The number of piperidine rings is 1. The van der Waals surface area contributed by atoms with Gasteiger partial charge >= 0.3 is 0 Å². The average Bonchev–Trinajstić information content (AvgIpc) is 2.54. The molecule has 6 heteroatoms. The van der Waals surface area contributed by atoms with Gasteiger partial charge in [0.25, 0.3) is 5.92 Å². The minimum absolute atomic E-state index is 0.0766. The number of halogens is 2. The molecule has 23 heavy (non-hydrogen) atoms. The molecule has 2 N–H and O–H groups in total. The highest BCUT2D eigenvalue weighted by Crippen LogP contribution is 2.40. The van der Waals surface area contributed by atoms with Gasteiger partial charge in [-0.3, -0.25) is 0 Å². The highest BCUT2D eigenvalue weighted by molar-refractivity contribution is 5.38. The van der Waals surface area contributed by atoms with Gasteiger partial charge in [0, 0.05) is 30.5 Å². The van der Waals surface area contributed by atoms with E-state index in [1.54, 1.807) is 6.07 Å². The molecule has 0 bridgehead atoms. The van der Waals surface area contributed by atoms with Gasteiger partial charge in [-0.25, -0.2) is 0 Å². The molecule has 2 saturated heterocycles. The third-order valence-corrected chi connectivity index (χ3v) is 5.40. The number of aliphatic hydroxyl groups is 1. The summed E-state index contributed by atoms with van der Waals surface area (Å²) >= 11 is 0. The van der Waals surface area contributed by atoms with Crippen molar-refractivity contribution in [2.75, 3.05) is 32.9 Å². The van der Waals surface area contributed by atoms with Gasteiger partial charge in [0.15, 0.2) is 0 Å². The molecular weight excluding hydrogens is 304 g/mol. The van der Waals surface area contributed by atoms with Crippen LogP contribution in [0, 0.1) is 11.8 Å². The second kappa shape index (κ2) is 5.77. The smallest absolute Gasteiger partial charge is 0.296 e. The minimum atomic E-state index is -2.91. The van der Waals surface area contributed by atoms with Crippen LogP contribution in [0.15, 0.2) is 18.2 Å². The van der Waals surface area contributed by atoms with Gasteiger partial charge in [-0.15, -0.1) is 0 Å². The normalized spacial score (nSPS) is 36.1. The average molecular weight is 325 g/mol. The second-order valence-corrected chi connectivity index (χ2v) is 6.81. The molecule has 3 heterocycles. The molecule has 1 aromatic carbocycles. The SMILES string of the molecule is OC1COCC2C(c3ccc4c(c3)COCC4(F)F)CNCC12. The van der Waals surface area contributed by atoms with E-state index in [9.17, 15) is 13.9 Å². The number of nitrogens with one attached hydrogen (secondary N) is 1. The summed E-state index contributed by atoms with van der Waals surface area (Å²) in [6, 6.07) is 5.18. The van der Waals surface area contributed by atoms with Crippen molar-refractivity contribution in [2.24, 2.45) is 11.8 Å². The molecule has 126 valence electrons. The van der Waals surface area contributed by atoms with Crippen molar-refractivity contribution < 1.29 is 23.4 Å². The summed E-state index contributed by atoms with van der Waals surface area (Å²) in [5, 5.41) is 13.5. The summed E-state index contributed by atoms with van der Waals surface area (Å²) in [4.78, 5) is 0. The molecule has 3 aliphatic heterocycles. The van der Waals surface area contributed by atoms with E-state index in [0.717, 1.165) is 18.7 Å². The summed E-state index contributed by atoms with van der Waals surface area (Å²) in [6.45, 7) is 2.21. The molecule has 0 saturated carbocycles. The Morgan fingerprint density at radius 3 is 2.87 bits per heavy atom. The standard InChI is InChI=1S/C17H21F2NO3/c18-17(19)9-23-6-11-3-10(1-2-15(11)17)12-4-20-5-13-14(12)7-22-8-16(13)21/h1-3,12-14,16,20-21H,4-9H2. The number of aliphatic hydroxyl groups excluding tert-OH is 1. The van der Waals surface area contributed by atoms with Crippen LogP contribution in [0.5, 0.6) is 0 Å². The maximum Gasteiger partial charge on any atom is 0.296 e. The summed E-state index contributed by atoms with van der Waals surface area (Å²) in [5.41, 5.74) is 1.66. The van der Waals surface area contributed by atoms with Crippen molar-refractivity contribution in [3.8, 4) is 0 Å². The number of hydrogen-bond acceptors (Lipinski definition) is 4. The highest BCUT2D eigenvalue weighted by Gasteiger charge is 2.42. The lowest BCUT2D eigenvalue weighted by molar-refractivity contribution is -0.103. The molecule has 1 aromatic rings. The zero-order chi connectivity index (χ0) is 16.0. The Labute approximate surface area is 133 Å². The van der Waals surface area contributed by atoms with Crippen molar-refractivity contribution in [3.05, 3.63) is 34.9 Å². The maximum atomic E-state index is 13.9. The van der Waals surface area contributed by atoms with Gasteiger partial charge in [-0.2, -0.15) is 8.78 Å². The molecule has 4 rings (SSSR count). The predicted molar refractivity (Wildman–Crippen MR) is 79.4 cm³/mol. The number of hydrogen-bond donors (Lipinski definition) is 2. The summed E-state index contributed by atoms with van der Waals surface area (Å²) < 4.78 is 38.4. The van der Waals surface area contributed by atoms with Gasteiger partial charge in [0.2, 0.25) is 0 Å². The molecule has 3 aliphatic rings. The molecule has 0 radical (unpaired) electrons. The lowest BCUT2D eigenvalue weighted by Crippen LogP contribution is -2.52. The van der Waals surface area contributed by atoms with E-state index in [-0.39, 0.29) is 29.9 Å². The van der Waals surface area contributed by atoms with Gasteiger partial charge < -0.3 is 19.9 Å². The van der Waals surface area contributed by atoms with Crippen molar-refractivity contribution >= 4 is 0 Å². The van der Waals surface area contributed by atoms with E-state index in [1.807, 2.05) is 6.07 Å². The first-order chi connectivity index (χ1) is 11.1. The molecule has 0 amide bonds. The number of alkyl halides is 2. The Morgan fingerprint density at radius 2 is 2.00 bits per heavy atom. The number of benzene rings is 1. The van der Waals surface area contributed by atoms with Crippen LogP contribution in [-0.2, 0) is 22.0 Å². The first-order valence-corrected chi connectivity index (χ1v) is 8.11. The monoisotopic (exact) mass is 325 g/mol. The fourth-order valence-electron chi connectivity index (χ4n) is 4.17. The Bertz CT molecular complexity index is 595. The zero-order valence-electron chi connectivity index (χ0n) is 12.8. The number of ether oxygens (including phenoxy) is 2. The van der Waals surface area contributed by atoms with E-state index in [2.05, 4.69) is 5.32 Å². The molecule has 0 aliphatic carbocycles. The molecule has 0 spiro atoms. The van der Waals surface area contributed by atoms with Crippen LogP contribution in [0.25, 0.3) is 0 Å². The molecule has 4 nitrogen and oxygen atoms in total. The first kappa shape index (κ1) is 15.4. The second-order valence-electron chi connectivity index (χ2n) is 6.81. The van der Waals surface area contributed by atoms with Crippen LogP contribution >= 0.6 is 0 Å². The quantitative estimate of drug-likeness (QED) is 0.824. The van der Waals surface area contributed by atoms with E-state index in [4.69, 9.17) is 9.47 Å². The summed E-state index contributed by atoms with van der Waals surface area (Å²) in [5.74, 6) is -2.40. The van der Waals surface area contributed by atoms with Crippen LogP contribution in [0.1, 0.15) is 22.6 Å². The maximum absolute atomic E-state index is 13.9. The van der Waals surface area contributed by atoms with E-state index >= 15 is 0 Å². The Hall–Kier alpha value is -1.08. The van der Waals surface area contributed by atoms with Gasteiger partial charge in [-0.05, 0) is 17.0 Å². The molecule has 2 fully saturated rings. The highest BCUT2D eigenvalue weighted by atomic mass is 19.3. The molecule has 4 unspecified atom stereocenters. The fourth-order valence-corrected chi connectivity index (χ4v) is 4.17. The molecule has 0 aromatic heterocycles. The largest absolute Gasteiger partial charge is 0.390 e. The zero-order valence-corrected chi connectivity index (χ0v) is 12.8. The Morgan fingerprint density at radius 1 is 1.13 bits per heavy atom. The van der Waals surface area contributed by atoms with Crippen LogP contribution in [0.3, 0.4) is 0 Å². The number of rotatable bonds is 1. The predicted octanol–water partition coefficient (Wildman–Crippen LogP) is 1.62. The lowest BCUT2D eigenvalue weighted by atomic mass is 9.72. The van der Waals surface area contributed by atoms with Crippen molar-refractivity contribution in [3.63, 3.8) is 0 Å². The minimum Gasteiger partial charge on any atom is -0.390 e. The Balaban J connectivity index is 1.65. The van der Waals surface area contributed by atoms with Crippen LogP contribution < -0.4 is 5.32 Å². The van der Waals surface area contributed by atoms with Crippen molar-refractivity contribution in [1.29, 1.82) is 0 Å². The third kappa shape index (κ3) is 2.67. The van der Waals surface area contributed by atoms with Crippen LogP contribution in [0.2, 0.25) is 0 Å². The van der Waals surface area contributed by atoms with Crippen molar-refractivity contribution in [1.82, 2.24) is 5.32 Å². The topological polar surface area (TPSA) is 50.7 Å². The van der Waals surface area contributed by atoms with Gasteiger partial charge in [0.05, 0.1) is 25.9 Å². The van der Waals surface area contributed by atoms with E-state index in [0.29, 0.717) is 18.8 Å². The Kier molecular flexibility index (Phi) is 3.88. The van der Waals surface area contributed by atoms with E-state index in [1.165, 1.54) is 6.07 Å². The van der Waals surface area contributed by atoms with E-state index < -0.39 is 18.6 Å². The first-order valence-electron chi connectivity index (χ1n) is 8.11. The summed E-state index contributed by atoms with van der Waals surface area (Å²) in [6.07, 6.45) is -0.464. The van der Waals surface area contributed by atoms with Crippen LogP contribution in [-0.4, -0.2) is 44.1 Å². The van der Waals surface area contributed by atoms with Gasteiger partial charge in [0.1, 0.15) is 6.61 Å². The molecular formula is C17H21F2NO3. The summed E-state index contributed by atoms with van der Waals surface area (Å²) in [7, 11) is 0. The lowest BCUT2D eigenvalue weighted by Gasteiger charge is -2.44. The fraction of sp³-hybridized carbons (Fsp3) is 0.647. The van der Waals surface area contributed by atoms with Crippen molar-refractivity contribution in [2.45, 2.75) is 24.6 Å².